The Morgan fingerprint density at radius 1 is 0.452 bits per heavy atom. The van der Waals surface area contributed by atoms with Crippen LogP contribution in [0.3, 0.4) is 0 Å². The summed E-state index contributed by atoms with van der Waals surface area (Å²) in [6.45, 7) is 1.91. The Bertz CT molecular complexity index is 1200. The van der Waals surface area contributed by atoms with Gasteiger partial charge < -0.3 is 0 Å². The van der Waals surface area contributed by atoms with Gasteiger partial charge in [0.2, 0.25) is 0 Å². The van der Waals surface area contributed by atoms with Crippen molar-refractivity contribution in [3.05, 3.63) is 109 Å². The number of hydrogen-bond donors (Lipinski definition) is 0. The van der Waals surface area contributed by atoms with Crippen LogP contribution in [-0.2, 0) is 0 Å². The van der Waals surface area contributed by atoms with Crippen molar-refractivity contribution in [2.24, 2.45) is 0 Å². The van der Waals surface area contributed by atoms with Gasteiger partial charge in [0, 0.05) is 34.6 Å². The first-order valence-corrected chi connectivity index (χ1v) is 10.2. The molecule has 4 heteroatoms. The van der Waals surface area contributed by atoms with E-state index in [9.17, 15) is 0 Å². The summed E-state index contributed by atoms with van der Waals surface area (Å²) in [6, 6.07) is 30.4. The van der Waals surface area contributed by atoms with Gasteiger partial charge >= 0.3 is 0 Å². The standard InChI is InChI=1S/C27H20N4/c1-19-30-26(22-12-14-24(28-17-22)20-8-4-2-5-9-20)16-27(31-19)23-13-15-25(29-18-23)21-10-6-3-7-11-21/h2-18H,1H3. The molecule has 5 rings (SSSR count). The van der Waals surface area contributed by atoms with E-state index < -0.39 is 0 Å². The van der Waals surface area contributed by atoms with E-state index in [0.717, 1.165) is 45.0 Å². The topological polar surface area (TPSA) is 51.6 Å². The molecule has 0 aliphatic heterocycles. The zero-order valence-electron chi connectivity index (χ0n) is 17.1. The number of aromatic nitrogens is 4. The van der Waals surface area contributed by atoms with E-state index >= 15 is 0 Å². The largest absolute Gasteiger partial charge is 0.256 e. The van der Waals surface area contributed by atoms with E-state index in [0.29, 0.717) is 5.82 Å². The molecule has 0 unspecified atom stereocenters. The summed E-state index contributed by atoms with van der Waals surface area (Å²) in [7, 11) is 0. The molecule has 0 fully saturated rings. The highest BCUT2D eigenvalue weighted by Crippen LogP contribution is 2.26. The third-order valence-electron chi connectivity index (χ3n) is 5.10. The highest BCUT2D eigenvalue weighted by Gasteiger charge is 2.09. The molecular formula is C27H20N4. The van der Waals surface area contributed by atoms with Crippen LogP contribution in [0.25, 0.3) is 45.0 Å². The maximum atomic E-state index is 4.63. The summed E-state index contributed by atoms with van der Waals surface area (Å²) in [4.78, 5) is 18.5. The number of pyridine rings is 2. The molecular weight excluding hydrogens is 380 g/mol. The minimum absolute atomic E-state index is 0.715. The van der Waals surface area contributed by atoms with Gasteiger partial charge in [0.05, 0.1) is 22.8 Å². The highest BCUT2D eigenvalue weighted by atomic mass is 14.9. The maximum absolute atomic E-state index is 4.63. The Morgan fingerprint density at radius 3 is 1.29 bits per heavy atom. The molecule has 2 aromatic carbocycles. The molecule has 5 aromatic rings. The molecule has 0 bridgehead atoms. The van der Waals surface area contributed by atoms with Crippen molar-refractivity contribution in [1.82, 2.24) is 19.9 Å². The minimum Gasteiger partial charge on any atom is -0.256 e. The molecule has 0 atom stereocenters. The number of aryl methyl sites for hydroxylation is 1. The van der Waals surface area contributed by atoms with Crippen LogP contribution >= 0.6 is 0 Å². The van der Waals surface area contributed by atoms with Crippen molar-refractivity contribution in [3.8, 4) is 45.0 Å². The zero-order chi connectivity index (χ0) is 21.0. The van der Waals surface area contributed by atoms with E-state index in [1.54, 1.807) is 0 Å². The summed E-state index contributed by atoms with van der Waals surface area (Å²) in [6.07, 6.45) is 3.73. The average Bonchev–Trinajstić information content (AvgIpc) is 2.85. The van der Waals surface area contributed by atoms with Gasteiger partial charge in [-0.3, -0.25) is 9.97 Å². The summed E-state index contributed by atoms with van der Waals surface area (Å²) in [5, 5.41) is 0. The predicted molar refractivity (Wildman–Crippen MR) is 124 cm³/mol. The highest BCUT2D eigenvalue weighted by molar-refractivity contribution is 5.70. The Morgan fingerprint density at radius 2 is 0.903 bits per heavy atom. The van der Waals surface area contributed by atoms with Crippen LogP contribution in [0.15, 0.2) is 103 Å². The molecule has 0 aliphatic rings. The summed E-state index contributed by atoms with van der Waals surface area (Å²) >= 11 is 0. The number of benzene rings is 2. The van der Waals surface area contributed by atoms with Gasteiger partial charge in [-0.15, -0.1) is 0 Å². The molecule has 4 nitrogen and oxygen atoms in total. The Balaban J connectivity index is 1.45. The number of hydrogen-bond acceptors (Lipinski definition) is 4. The minimum atomic E-state index is 0.715. The normalized spacial score (nSPS) is 10.7. The second-order valence-corrected chi connectivity index (χ2v) is 7.28. The lowest BCUT2D eigenvalue weighted by molar-refractivity contribution is 1.06. The molecule has 0 saturated carbocycles. The number of rotatable bonds is 4. The van der Waals surface area contributed by atoms with E-state index in [1.165, 1.54) is 0 Å². The van der Waals surface area contributed by atoms with Crippen LogP contribution in [0.1, 0.15) is 5.82 Å². The SMILES string of the molecule is Cc1nc(-c2ccc(-c3ccccc3)nc2)cc(-c2ccc(-c3ccccc3)nc2)n1. The van der Waals surface area contributed by atoms with Gasteiger partial charge in [0.1, 0.15) is 5.82 Å². The molecule has 148 valence electrons. The zero-order valence-corrected chi connectivity index (χ0v) is 17.1. The summed E-state index contributed by atoms with van der Waals surface area (Å²) in [5.74, 6) is 0.715. The molecule has 0 amide bonds. The smallest absolute Gasteiger partial charge is 0.126 e. The first-order valence-electron chi connectivity index (χ1n) is 10.2. The van der Waals surface area contributed by atoms with Crippen LogP contribution in [0.5, 0.6) is 0 Å². The molecule has 0 N–H and O–H groups in total. The molecule has 0 saturated heterocycles. The maximum Gasteiger partial charge on any atom is 0.126 e. The van der Waals surface area contributed by atoms with Crippen LogP contribution in [-0.4, -0.2) is 19.9 Å². The quantitative estimate of drug-likeness (QED) is 0.358. The summed E-state index contributed by atoms with van der Waals surface area (Å²) in [5.41, 5.74) is 7.69. The van der Waals surface area contributed by atoms with E-state index in [1.807, 2.05) is 73.9 Å². The Hall–Kier alpha value is -4.18. The van der Waals surface area contributed by atoms with Crippen molar-refractivity contribution in [3.63, 3.8) is 0 Å². The summed E-state index contributed by atoms with van der Waals surface area (Å²) < 4.78 is 0. The fourth-order valence-electron chi connectivity index (χ4n) is 3.51. The lowest BCUT2D eigenvalue weighted by Gasteiger charge is -2.08. The van der Waals surface area contributed by atoms with Gasteiger partial charge in [-0.05, 0) is 37.3 Å². The van der Waals surface area contributed by atoms with Gasteiger partial charge in [0.25, 0.3) is 0 Å². The van der Waals surface area contributed by atoms with E-state index in [-0.39, 0.29) is 0 Å². The van der Waals surface area contributed by atoms with E-state index in [2.05, 4.69) is 56.3 Å². The van der Waals surface area contributed by atoms with Gasteiger partial charge in [-0.2, -0.15) is 0 Å². The van der Waals surface area contributed by atoms with Gasteiger partial charge in [-0.1, -0.05) is 60.7 Å². The molecule has 3 heterocycles. The third kappa shape index (κ3) is 4.09. The Kier molecular flexibility index (Phi) is 5.03. The second-order valence-electron chi connectivity index (χ2n) is 7.28. The first kappa shape index (κ1) is 18.8. The van der Waals surface area contributed by atoms with Gasteiger partial charge in [0.15, 0.2) is 0 Å². The van der Waals surface area contributed by atoms with Crippen LogP contribution < -0.4 is 0 Å². The fraction of sp³-hybridized carbons (Fsp3) is 0.0370. The van der Waals surface area contributed by atoms with Crippen LogP contribution in [0.4, 0.5) is 0 Å². The molecule has 0 radical (unpaired) electrons. The van der Waals surface area contributed by atoms with Crippen LogP contribution in [0.2, 0.25) is 0 Å². The third-order valence-corrected chi connectivity index (χ3v) is 5.10. The van der Waals surface area contributed by atoms with Gasteiger partial charge in [-0.25, -0.2) is 9.97 Å². The monoisotopic (exact) mass is 400 g/mol. The lowest BCUT2D eigenvalue weighted by Crippen LogP contribution is -1.96. The first-order chi connectivity index (χ1) is 15.3. The van der Waals surface area contributed by atoms with Crippen molar-refractivity contribution >= 4 is 0 Å². The van der Waals surface area contributed by atoms with Crippen LogP contribution in [0, 0.1) is 6.92 Å². The van der Waals surface area contributed by atoms with Crippen molar-refractivity contribution < 1.29 is 0 Å². The van der Waals surface area contributed by atoms with Crippen molar-refractivity contribution in [1.29, 1.82) is 0 Å². The predicted octanol–water partition coefficient (Wildman–Crippen LogP) is 6.24. The molecule has 0 aliphatic carbocycles. The average molecular weight is 400 g/mol. The molecule has 3 aromatic heterocycles. The van der Waals surface area contributed by atoms with Crippen molar-refractivity contribution in [2.75, 3.05) is 0 Å². The Labute approximate surface area is 181 Å². The molecule has 0 spiro atoms. The fourth-order valence-corrected chi connectivity index (χ4v) is 3.51. The van der Waals surface area contributed by atoms with E-state index in [4.69, 9.17) is 0 Å². The number of nitrogens with zero attached hydrogens (tertiary/aromatic N) is 4. The van der Waals surface area contributed by atoms with Crippen molar-refractivity contribution in [2.45, 2.75) is 6.92 Å². The lowest BCUT2D eigenvalue weighted by atomic mass is 10.1. The molecule has 31 heavy (non-hydrogen) atoms. The second kappa shape index (κ2) is 8.28.